The molecule has 152 valence electrons. The maximum Gasteiger partial charge on any atom is 0.244 e. The van der Waals surface area contributed by atoms with Crippen molar-refractivity contribution in [3.8, 4) is 0 Å². The molecule has 0 fully saturated rings. The molecular weight excluding hydrogens is 406 g/mol. The fraction of sp³-hybridized carbons (Fsp3) is 0.130. The first kappa shape index (κ1) is 19.0. The van der Waals surface area contributed by atoms with Crippen molar-refractivity contribution in [3.05, 3.63) is 101 Å². The van der Waals surface area contributed by atoms with E-state index in [-0.39, 0.29) is 11.4 Å². The molecule has 1 N–H and O–H groups in total. The molecule has 0 saturated carbocycles. The molecule has 30 heavy (non-hydrogen) atoms. The summed E-state index contributed by atoms with van der Waals surface area (Å²) in [6, 6.07) is 18.7. The molecule has 3 aromatic carbocycles. The molecule has 4 nitrogen and oxygen atoms in total. The second-order valence-electron chi connectivity index (χ2n) is 7.32. The molecule has 4 aromatic rings. The van der Waals surface area contributed by atoms with Crippen LogP contribution in [0.4, 0.5) is 8.78 Å². The van der Waals surface area contributed by atoms with Crippen LogP contribution < -0.4 is 0 Å². The second-order valence-corrected chi connectivity index (χ2v) is 9.21. The van der Waals surface area contributed by atoms with Gasteiger partial charge in [-0.3, -0.25) is 0 Å². The molecular formula is C23H18F2N2O2S. The molecule has 0 spiro atoms. The summed E-state index contributed by atoms with van der Waals surface area (Å²) in [7, 11) is -3.87. The van der Waals surface area contributed by atoms with Gasteiger partial charge >= 0.3 is 0 Å². The highest BCUT2D eigenvalue weighted by molar-refractivity contribution is 7.89. The Morgan fingerprint density at radius 3 is 2.40 bits per heavy atom. The van der Waals surface area contributed by atoms with Gasteiger partial charge in [-0.25, -0.2) is 17.2 Å². The number of aromatic amines is 1. The summed E-state index contributed by atoms with van der Waals surface area (Å²) in [5.41, 5.74) is 2.95. The Labute approximate surface area is 172 Å². The van der Waals surface area contributed by atoms with E-state index in [9.17, 15) is 17.2 Å². The molecule has 5 rings (SSSR count). The zero-order valence-electron chi connectivity index (χ0n) is 15.8. The van der Waals surface area contributed by atoms with E-state index in [1.54, 1.807) is 30.3 Å². The van der Waals surface area contributed by atoms with E-state index in [0.29, 0.717) is 17.7 Å². The van der Waals surface area contributed by atoms with E-state index in [4.69, 9.17) is 0 Å². The van der Waals surface area contributed by atoms with E-state index in [1.165, 1.54) is 10.4 Å². The van der Waals surface area contributed by atoms with Crippen LogP contribution in [-0.2, 0) is 16.4 Å². The fourth-order valence-corrected chi connectivity index (χ4v) is 5.83. The largest absolute Gasteiger partial charge is 0.357 e. The quantitative estimate of drug-likeness (QED) is 0.515. The first-order chi connectivity index (χ1) is 14.5. The van der Waals surface area contributed by atoms with Gasteiger partial charge < -0.3 is 4.98 Å². The van der Waals surface area contributed by atoms with Gasteiger partial charge in [0.05, 0.1) is 10.9 Å². The molecule has 1 unspecified atom stereocenters. The Morgan fingerprint density at radius 2 is 1.63 bits per heavy atom. The van der Waals surface area contributed by atoms with Crippen LogP contribution in [-0.4, -0.2) is 24.3 Å². The maximum absolute atomic E-state index is 14.1. The Morgan fingerprint density at radius 1 is 0.900 bits per heavy atom. The molecule has 0 bridgehead atoms. The summed E-state index contributed by atoms with van der Waals surface area (Å²) in [4.78, 5) is 3.49. The standard InChI is InChI=1S/C23H18F2N2O2S/c24-19-11-10-15(14-20(19)25)23-22-18(17-8-4-5-9-21(17)26-22)12-13-27(23)30(28,29)16-6-2-1-3-7-16/h1-11,14,23,26H,12-13H2. The van der Waals surface area contributed by atoms with Crippen LogP contribution in [0.15, 0.2) is 77.7 Å². The van der Waals surface area contributed by atoms with Gasteiger partial charge in [-0.05, 0) is 47.9 Å². The molecule has 0 amide bonds. The Kier molecular flexibility index (Phi) is 4.45. The smallest absolute Gasteiger partial charge is 0.244 e. The lowest BCUT2D eigenvalue weighted by Gasteiger charge is -2.35. The van der Waals surface area contributed by atoms with Crippen LogP contribution in [0.5, 0.6) is 0 Å². The highest BCUT2D eigenvalue weighted by Gasteiger charge is 2.39. The van der Waals surface area contributed by atoms with Crippen molar-refractivity contribution in [3.63, 3.8) is 0 Å². The minimum Gasteiger partial charge on any atom is -0.357 e. The highest BCUT2D eigenvalue weighted by atomic mass is 32.2. The van der Waals surface area contributed by atoms with Crippen LogP contribution in [0, 0.1) is 11.6 Å². The first-order valence-electron chi connectivity index (χ1n) is 9.58. The van der Waals surface area contributed by atoms with Crippen molar-refractivity contribution >= 4 is 20.9 Å². The van der Waals surface area contributed by atoms with Gasteiger partial charge in [-0.1, -0.05) is 42.5 Å². The molecule has 1 aromatic heterocycles. The van der Waals surface area contributed by atoms with E-state index < -0.39 is 27.7 Å². The predicted octanol–water partition coefficient (Wildman–Crippen LogP) is 4.78. The maximum atomic E-state index is 14.1. The van der Waals surface area contributed by atoms with Gasteiger partial charge in [-0.15, -0.1) is 0 Å². The number of fused-ring (bicyclic) bond motifs is 3. The molecule has 1 aliphatic rings. The Balaban J connectivity index is 1.74. The number of hydrogen-bond donors (Lipinski definition) is 1. The lowest BCUT2D eigenvalue weighted by molar-refractivity contribution is 0.339. The van der Waals surface area contributed by atoms with Crippen LogP contribution in [0.2, 0.25) is 0 Å². The monoisotopic (exact) mass is 424 g/mol. The lowest BCUT2D eigenvalue weighted by Crippen LogP contribution is -2.40. The summed E-state index contributed by atoms with van der Waals surface area (Å²) in [6.45, 7) is 0.232. The van der Waals surface area contributed by atoms with Crippen molar-refractivity contribution in [2.45, 2.75) is 17.4 Å². The van der Waals surface area contributed by atoms with Gasteiger partial charge in [0.15, 0.2) is 11.6 Å². The number of benzene rings is 3. The first-order valence-corrected chi connectivity index (χ1v) is 11.0. The number of H-pyrrole nitrogens is 1. The zero-order valence-corrected chi connectivity index (χ0v) is 16.7. The molecule has 0 radical (unpaired) electrons. The third-order valence-electron chi connectivity index (χ3n) is 5.60. The minimum atomic E-state index is -3.87. The molecule has 7 heteroatoms. The van der Waals surface area contributed by atoms with Gasteiger partial charge in [0.1, 0.15) is 0 Å². The fourth-order valence-electron chi connectivity index (χ4n) is 4.22. The SMILES string of the molecule is O=S(=O)(c1ccccc1)N1CCc2c([nH]c3ccccc23)C1c1ccc(F)c(F)c1. The number of para-hydroxylation sites is 1. The van der Waals surface area contributed by atoms with Gasteiger partial charge in [0, 0.05) is 23.1 Å². The van der Waals surface area contributed by atoms with Gasteiger partial charge in [0.25, 0.3) is 0 Å². The number of aromatic nitrogens is 1. The number of hydrogen-bond acceptors (Lipinski definition) is 2. The topological polar surface area (TPSA) is 53.2 Å². The van der Waals surface area contributed by atoms with Crippen molar-refractivity contribution in [2.24, 2.45) is 0 Å². The minimum absolute atomic E-state index is 0.164. The number of rotatable bonds is 3. The van der Waals surface area contributed by atoms with Gasteiger partial charge in [-0.2, -0.15) is 4.31 Å². The number of nitrogens with one attached hydrogen (secondary N) is 1. The molecule has 0 aliphatic carbocycles. The van der Waals surface area contributed by atoms with Crippen LogP contribution in [0.3, 0.4) is 0 Å². The Bertz CT molecular complexity index is 1350. The third kappa shape index (κ3) is 2.93. The van der Waals surface area contributed by atoms with Crippen molar-refractivity contribution < 1.29 is 17.2 Å². The number of halogens is 2. The average molecular weight is 424 g/mol. The van der Waals surface area contributed by atoms with Crippen LogP contribution >= 0.6 is 0 Å². The summed E-state index contributed by atoms with van der Waals surface area (Å²) < 4.78 is 56.1. The molecule has 0 saturated heterocycles. The third-order valence-corrected chi connectivity index (χ3v) is 7.48. The summed E-state index contributed by atoms with van der Waals surface area (Å²) in [6.07, 6.45) is 0.519. The van der Waals surface area contributed by atoms with Crippen LogP contribution in [0.25, 0.3) is 10.9 Å². The van der Waals surface area contributed by atoms with E-state index in [1.807, 2.05) is 24.3 Å². The van der Waals surface area contributed by atoms with E-state index >= 15 is 0 Å². The van der Waals surface area contributed by atoms with Crippen LogP contribution in [0.1, 0.15) is 22.9 Å². The second kappa shape index (κ2) is 7.04. The normalized spacial score (nSPS) is 17.2. The van der Waals surface area contributed by atoms with Crippen molar-refractivity contribution in [1.29, 1.82) is 0 Å². The van der Waals surface area contributed by atoms with Crippen molar-refractivity contribution in [2.75, 3.05) is 6.54 Å². The molecule has 1 aliphatic heterocycles. The Hall–Kier alpha value is -3.03. The van der Waals surface area contributed by atoms with E-state index in [0.717, 1.165) is 28.6 Å². The number of nitrogens with zero attached hydrogens (tertiary/aromatic N) is 1. The number of sulfonamides is 1. The zero-order chi connectivity index (χ0) is 20.9. The summed E-state index contributed by atoms with van der Waals surface area (Å²) in [5.74, 6) is -1.98. The highest BCUT2D eigenvalue weighted by Crippen LogP contribution is 2.41. The average Bonchev–Trinajstić information content (AvgIpc) is 3.14. The molecule has 1 atom stereocenters. The van der Waals surface area contributed by atoms with Gasteiger partial charge in [0.2, 0.25) is 10.0 Å². The summed E-state index contributed by atoms with van der Waals surface area (Å²) >= 11 is 0. The lowest BCUT2D eigenvalue weighted by atomic mass is 9.94. The summed E-state index contributed by atoms with van der Waals surface area (Å²) in [5, 5.41) is 1.01. The molecule has 2 heterocycles. The van der Waals surface area contributed by atoms with Crippen molar-refractivity contribution in [1.82, 2.24) is 9.29 Å². The van der Waals surface area contributed by atoms with E-state index in [2.05, 4.69) is 4.98 Å². The predicted molar refractivity (Wildman–Crippen MR) is 111 cm³/mol.